The van der Waals surface area contributed by atoms with Crippen LogP contribution in [0.1, 0.15) is 0 Å². The van der Waals surface area contributed by atoms with Crippen molar-refractivity contribution in [2.24, 2.45) is 0 Å². The topological polar surface area (TPSA) is 31.4 Å². The Labute approximate surface area is 85.9 Å². The number of hydrogen-bond acceptors (Lipinski definition) is 4. The third kappa shape index (κ3) is 2.03. The average Bonchev–Trinajstić information content (AvgIpc) is 2.72. The van der Waals surface area contributed by atoms with E-state index < -0.39 is 0 Å². The minimum atomic E-state index is 0.570. The van der Waals surface area contributed by atoms with Crippen LogP contribution >= 0.6 is 11.3 Å². The first-order valence-corrected chi connectivity index (χ1v) is 4.90. The lowest BCUT2D eigenvalue weighted by Gasteiger charge is -2.02. The molecule has 0 saturated heterocycles. The second-order valence-electron chi connectivity index (χ2n) is 2.55. The van der Waals surface area contributed by atoms with Gasteiger partial charge in [-0.05, 0) is 24.3 Å². The van der Waals surface area contributed by atoms with E-state index in [1.807, 2.05) is 24.3 Å². The van der Waals surface area contributed by atoms with Crippen LogP contribution < -0.4 is 9.47 Å². The Hall–Kier alpha value is -1.55. The minimum Gasteiger partial charge on any atom is -0.497 e. The molecule has 1 aromatic heterocycles. The van der Waals surface area contributed by atoms with Crippen LogP contribution in [0, 0.1) is 5.51 Å². The van der Waals surface area contributed by atoms with E-state index in [1.54, 1.807) is 12.5 Å². The summed E-state index contributed by atoms with van der Waals surface area (Å²) in [5, 5.41) is 1.80. The van der Waals surface area contributed by atoms with Crippen molar-refractivity contribution < 1.29 is 9.47 Å². The van der Waals surface area contributed by atoms with Gasteiger partial charge in [0.15, 0.2) is 5.51 Å². The molecular formula is C10H8NO2S. The van der Waals surface area contributed by atoms with E-state index in [2.05, 4.69) is 10.5 Å². The number of ether oxygens (including phenoxy) is 2. The minimum absolute atomic E-state index is 0.570. The highest BCUT2D eigenvalue weighted by atomic mass is 32.1. The highest BCUT2D eigenvalue weighted by Gasteiger charge is 1.98. The molecule has 4 heteroatoms. The van der Waals surface area contributed by atoms with Crippen molar-refractivity contribution >= 4 is 11.3 Å². The van der Waals surface area contributed by atoms with Gasteiger partial charge in [0, 0.05) is 0 Å². The molecule has 0 atom stereocenters. The summed E-state index contributed by atoms with van der Waals surface area (Å²) in [6.07, 6.45) is 0. The Morgan fingerprint density at radius 1 is 1.21 bits per heavy atom. The van der Waals surface area contributed by atoms with Gasteiger partial charge in [0.1, 0.15) is 11.5 Å². The van der Waals surface area contributed by atoms with Gasteiger partial charge in [0.05, 0.1) is 12.5 Å². The van der Waals surface area contributed by atoms with E-state index in [0.29, 0.717) is 5.88 Å². The molecule has 2 aromatic rings. The maximum atomic E-state index is 5.43. The molecule has 0 saturated carbocycles. The molecule has 0 aliphatic rings. The van der Waals surface area contributed by atoms with Crippen LogP contribution in [0.25, 0.3) is 0 Å². The fourth-order valence-corrected chi connectivity index (χ4v) is 1.38. The number of hydrogen-bond donors (Lipinski definition) is 0. The number of methoxy groups -OCH3 is 1. The van der Waals surface area contributed by atoms with Crippen molar-refractivity contribution in [1.29, 1.82) is 0 Å². The third-order valence-corrected chi connectivity index (χ3v) is 2.17. The monoisotopic (exact) mass is 206 g/mol. The lowest BCUT2D eigenvalue weighted by molar-refractivity contribution is 0.412. The quantitative estimate of drug-likeness (QED) is 0.773. The van der Waals surface area contributed by atoms with E-state index in [1.165, 1.54) is 11.3 Å². The fourth-order valence-electron chi connectivity index (χ4n) is 0.986. The summed E-state index contributed by atoms with van der Waals surface area (Å²) in [7, 11) is 1.63. The van der Waals surface area contributed by atoms with E-state index >= 15 is 0 Å². The molecule has 1 radical (unpaired) electrons. The molecule has 0 fully saturated rings. The first kappa shape index (κ1) is 9.02. The standard InChI is InChI=1S/C10H8NO2S/c1-12-8-2-4-9(5-3-8)13-10-6-14-7-11-10/h2-6H,1H3. The van der Waals surface area contributed by atoms with Gasteiger partial charge >= 0.3 is 0 Å². The van der Waals surface area contributed by atoms with Gasteiger partial charge in [-0.2, -0.15) is 4.98 Å². The normalized spacial score (nSPS) is 9.79. The lowest BCUT2D eigenvalue weighted by atomic mass is 10.3. The molecule has 1 aromatic carbocycles. The predicted molar refractivity (Wildman–Crippen MR) is 54.0 cm³/mol. The van der Waals surface area contributed by atoms with Crippen molar-refractivity contribution in [1.82, 2.24) is 4.98 Å². The summed E-state index contributed by atoms with van der Waals surface area (Å²) in [6, 6.07) is 7.34. The van der Waals surface area contributed by atoms with Crippen LogP contribution in [0.15, 0.2) is 29.6 Å². The molecular weight excluding hydrogens is 198 g/mol. The molecule has 0 aliphatic carbocycles. The zero-order valence-electron chi connectivity index (χ0n) is 7.56. The first-order chi connectivity index (χ1) is 6.88. The van der Waals surface area contributed by atoms with E-state index in [4.69, 9.17) is 9.47 Å². The van der Waals surface area contributed by atoms with Crippen LogP contribution in [0.4, 0.5) is 0 Å². The van der Waals surface area contributed by atoms with Crippen LogP contribution in [0.3, 0.4) is 0 Å². The van der Waals surface area contributed by atoms with Gasteiger partial charge in [0.2, 0.25) is 5.88 Å². The van der Waals surface area contributed by atoms with Gasteiger partial charge in [-0.3, -0.25) is 0 Å². The molecule has 71 valence electrons. The number of benzene rings is 1. The molecule has 0 bridgehead atoms. The molecule has 14 heavy (non-hydrogen) atoms. The Balaban J connectivity index is 2.10. The molecule has 0 unspecified atom stereocenters. The van der Waals surface area contributed by atoms with Crippen molar-refractivity contribution in [2.75, 3.05) is 7.11 Å². The zero-order chi connectivity index (χ0) is 9.80. The van der Waals surface area contributed by atoms with Gasteiger partial charge in [-0.25, -0.2) is 0 Å². The molecule has 2 rings (SSSR count). The highest BCUT2D eigenvalue weighted by molar-refractivity contribution is 7.07. The highest BCUT2D eigenvalue weighted by Crippen LogP contribution is 2.22. The first-order valence-electron chi connectivity index (χ1n) is 4.02. The molecule has 0 aliphatic heterocycles. The summed E-state index contributed by atoms with van der Waals surface area (Å²) in [6.45, 7) is 0. The zero-order valence-corrected chi connectivity index (χ0v) is 8.38. The predicted octanol–water partition coefficient (Wildman–Crippen LogP) is 2.74. The Kier molecular flexibility index (Phi) is 2.65. The third-order valence-electron chi connectivity index (χ3n) is 1.65. The van der Waals surface area contributed by atoms with E-state index in [9.17, 15) is 0 Å². The number of aromatic nitrogens is 1. The molecule has 0 amide bonds. The summed E-state index contributed by atoms with van der Waals surface area (Å²) in [5.74, 6) is 2.12. The van der Waals surface area contributed by atoms with Crippen LogP contribution in [-0.4, -0.2) is 12.1 Å². The van der Waals surface area contributed by atoms with Crippen LogP contribution in [0.5, 0.6) is 17.4 Å². The fraction of sp³-hybridized carbons (Fsp3) is 0.100. The second kappa shape index (κ2) is 4.11. The molecule has 0 N–H and O–H groups in total. The summed E-state index contributed by atoms with van der Waals surface area (Å²) < 4.78 is 10.5. The smallest absolute Gasteiger partial charge is 0.230 e. The molecule has 3 nitrogen and oxygen atoms in total. The lowest BCUT2D eigenvalue weighted by Crippen LogP contribution is -1.85. The van der Waals surface area contributed by atoms with Crippen LogP contribution in [-0.2, 0) is 0 Å². The summed E-state index contributed by atoms with van der Waals surface area (Å²) in [4.78, 5) is 3.89. The van der Waals surface area contributed by atoms with Gasteiger partial charge in [-0.1, -0.05) is 0 Å². The SMILES string of the molecule is COc1ccc(Oc2cs[c]n2)cc1. The summed E-state index contributed by atoms with van der Waals surface area (Å²) in [5.41, 5.74) is 2.71. The maximum Gasteiger partial charge on any atom is 0.230 e. The van der Waals surface area contributed by atoms with Crippen molar-refractivity contribution in [3.63, 3.8) is 0 Å². The number of thiazole rings is 1. The van der Waals surface area contributed by atoms with E-state index in [-0.39, 0.29) is 0 Å². The summed E-state index contributed by atoms with van der Waals surface area (Å²) >= 11 is 1.38. The van der Waals surface area contributed by atoms with Crippen LogP contribution in [0.2, 0.25) is 0 Å². The largest absolute Gasteiger partial charge is 0.497 e. The Morgan fingerprint density at radius 3 is 2.50 bits per heavy atom. The van der Waals surface area contributed by atoms with E-state index in [0.717, 1.165) is 11.5 Å². The number of rotatable bonds is 3. The average molecular weight is 206 g/mol. The van der Waals surface area contributed by atoms with Crippen molar-refractivity contribution in [2.45, 2.75) is 0 Å². The Bertz CT molecular complexity index is 383. The van der Waals surface area contributed by atoms with Gasteiger partial charge < -0.3 is 9.47 Å². The van der Waals surface area contributed by atoms with Gasteiger partial charge in [-0.15, -0.1) is 11.3 Å². The Morgan fingerprint density at radius 2 is 1.93 bits per heavy atom. The maximum absolute atomic E-state index is 5.43. The van der Waals surface area contributed by atoms with Crippen molar-refractivity contribution in [3.8, 4) is 17.4 Å². The second-order valence-corrected chi connectivity index (χ2v) is 3.21. The van der Waals surface area contributed by atoms with Crippen molar-refractivity contribution in [3.05, 3.63) is 35.2 Å². The molecule has 0 spiro atoms. The molecule has 1 heterocycles. The van der Waals surface area contributed by atoms with Gasteiger partial charge in [0.25, 0.3) is 0 Å². The number of nitrogens with zero attached hydrogens (tertiary/aromatic N) is 1.